The molecular formula is C39H54N4O. The van der Waals surface area contributed by atoms with E-state index in [2.05, 4.69) is 82.1 Å². The lowest BCUT2D eigenvalue weighted by Gasteiger charge is -2.72. The summed E-state index contributed by atoms with van der Waals surface area (Å²) in [6.45, 7) is 21.0. The Morgan fingerprint density at radius 2 is 1.80 bits per heavy atom. The third kappa shape index (κ3) is 3.57. The first-order valence-corrected chi connectivity index (χ1v) is 17.6. The van der Waals surface area contributed by atoms with Crippen molar-refractivity contribution in [1.29, 1.82) is 0 Å². The molecule has 4 saturated carbocycles. The molecule has 0 unspecified atom stereocenters. The molecule has 1 aromatic carbocycles. The number of nitrogens with one attached hydrogen (secondary N) is 1. The van der Waals surface area contributed by atoms with Crippen LogP contribution in [-0.4, -0.2) is 31.7 Å². The molecule has 4 fully saturated rings. The Labute approximate surface area is 264 Å². The molecule has 0 saturated heterocycles. The number of aliphatic hydroxyl groups is 1. The highest BCUT2D eigenvalue weighted by Gasteiger charge is 2.71. The van der Waals surface area contributed by atoms with Crippen molar-refractivity contribution in [2.24, 2.45) is 51.2 Å². The number of hydrogen-bond acceptors (Lipinski definition) is 3. The summed E-state index contributed by atoms with van der Waals surface area (Å²) in [4.78, 5) is 3.32. The number of fused-ring (bicyclic) bond motifs is 9. The maximum atomic E-state index is 10.9. The van der Waals surface area contributed by atoms with Gasteiger partial charge in [0.25, 0.3) is 0 Å². The molecule has 5 aliphatic carbocycles. The molecule has 9 atom stereocenters. The van der Waals surface area contributed by atoms with Gasteiger partial charge in [0, 0.05) is 23.7 Å². The molecule has 5 nitrogen and oxygen atoms in total. The summed E-state index contributed by atoms with van der Waals surface area (Å²) in [5, 5.41) is 21.9. The zero-order valence-corrected chi connectivity index (χ0v) is 28.0. The van der Waals surface area contributed by atoms with Crippen molar-refractivity contribution < 1.29 is 5.11 Å². The minimum atomic E-state index is 0.0121. The Bertz CT molecular complexity index is 1630. The summed E-state index contributed by atoms with van der Waals surface area (Å²) in [5.74, 6) is 3.13. The van der Waals surface area contributed by atoms with Crippen LogP contribution in [0.4, 0.5) is 0 Å². The maximum absolute atomic E-state index is 10.9. The summed E-state index contributed by atoms with van der Waals surface area (Å²) in [7, 11) is 0. The number of aromatic nitrogens is 4. The molecule has 0 aliphatic heterocycles. The topological polar surface area (TPSA) is 66.7 Å². The van der Waals surface area contributed by atoms with E-state index in [0.29, 0.717) is 47.0 Å². The van der Waals surface area contributed by atoms with Crippen LogP contribution in [0, 0.1) is 51.2 Å². The van der Waals surface area contributed by atoms with Crippen LogP contribution < -0.4 is 0 Å². The van der Waals surface area contributed by atoms with Crippen LogP contribution in [0.5, 0.6) is 0 Å². The molecule has 0 spiro atoms. The maximum Gasteiger partial charge on any atom is 0.0870 e. The molecule has 0 bridgehead atoms. The first kappa shape index (κ1) is 29.0. The largest absolute Gasteiger partial charge is 0.396 e. The summed E-state index contributed by atoms with van der Waals surface area (Å²) in [5.41, 5.74) is 7.36. The number of aliphatic hydroxyl groups excluding tert-OH is 1. The number of benzene rings is 1. The lowest BCUT2D eigenvalue weighted by atomic mass is 9.32. The highest BCUT2D eigenvalue weighted by atomic mass is 16.3. The molecular weight excluding hydrogens is 540 g/mol. The Hall–Kier alpha value is -2.40. The number of H-pyrrole nitrogens is 1. The fourth-order valence-corrected chi connectivity index (χ4v) is 13.5. The minimum absolute atomic E-state index is 0.0121. The third-order valence-corrected chi connectivity index (χ3v) is 15.6. The fraction of sp³-hybridized carbons (Fsp3) is 0.692. The molecule has 5 heteroatoms. The zero-order chi connectivity index (χ0) is 30.9. The number of hydrogen-bond donors (Lipinski definition) is 2. The van der Waals surface area contributed by atoms with Crippen LogP contribution in [-0.2, 0) is 18.4 Å². The van der Waals surface area contributed by atoms with E-state index in [0.717, 1.165) is 13.0 Å². The minimum Gasteiger partial charge on any atom is -0.396 e. The lowest BCUT2D eigenvalue weighted by Crippen LogP contribution is -2.66. The van der Waals surface area contributed by atoms with Gasteiger partial charge >= 0.3 is 0 Å². The van der Waals surface area contributed by atoms with Crippen molar-refractivity contribution in [1.82, 2.24) is 20.0 Å². The highest BCUT2D eigenvalue weighted by molar-refractivity contribution is 5.79. The third-order valence-electron chi connectivity index (χ3n) is 15.6. The van der Waals surface area contributed by atoms with Gasteiger partial charge in [-0.1, -0.05) is 58.1 Å². The molecule has 2 N–H and O–H groups in total. The number of allylic oxidation sites excluding steroid dienone is 1. The molecule has 3 aromatic rings. The van der Waals surface area contributed by atoms with E-state index >= 15 is 0 Å². The van der Waals surface area contributed by atoms with E-state index in [4.69, 9.17) is 10.3 Å². The monoisotopic (exact) mass is 594 g/mol. The average Bonchev–Trinajstić information content (AvgIpc) is 3.70. The van der Waals surface area contributed by atoms with E-state index < -0.39 is 0 Å². The second-order valence-electron chi connectivity index (χ2n) is 17.5. The smallest absolute Gasteiger partial charge is 0.0870 e. The van der Waals surface area contributed by atoms with Crippen molar-refractivity contribution in [3.8, 4) is 0 Å². The predicted molar refractivity (Wildman–Crippen MR) is 177 cm³/mol. The van der Waals surface area contributed by atoms with Crippen LogP contribution in [0.25, 0.3) is 10.9 Å². The van der Waals surface area contributed by atoms with Gasteiger partial charge in [-0.15, -0.1) is 5.10 Å². The molecule has 8 rings (SSSR count). The summed E-state index contributed by atoms with van der Waals surface area (Å²) in [6, 6.07) is 8.87. The summed E-state index contributed by atoms with van der Waals surface area (Å²) >= 11 is 0. The Balaban J connectivity index is 1.15. The van der Waals surface area contributed by atoms with Crippen molar-refractivity contribution >= 4 is 10.9 Å². The summed E-state index contributed by atoms with van der Waals surface area (Å²) < 4.78 is 2.24. The van der Waals surface area contributed by atoms with Crippen LogP contribution in [0.1, 0.15) is 110 Å². The zero-order valence-electron chi connectivity index (χ0n) is 28.0. The van der Waals surface area contributed by atoms with E-state index in [-0.39, 0.29) is 16.2 Å². The SMILES string of the molecule is C=C(C)[C@@H]1CC[C@]2(CO)CC[C@]3(C)[C@H](CC[C@@H]4[C@@]5(C)Cc6nnn(Cc7ccc8[nH]ccc8c7)c6C(C)(C)[C@@H]5CC[C@]43C)[C@@H]12. The highest BCUT2D eigenvalue weighted by Crippen LogP contribution is 2.77. The second kappa shape index (κ2) is 9.33. The van der Waals surface area contributed by atoms with Gasteiger partial charge in [0.1, 0.15) is 0 Å². The van der Waals surface area contributed by atoms with Crippen molar-refractivity contribution in [2.75, 3.05) is 6.61 Å². The van der Waals surface area contributed by atoms with Crippen LogP contribution in [0.15, 0.2) is 42.6 Å². The van der Waals surface area contributed by atoms with E-state index in [1.54, 1.807) is 0 Å². The van der Waals surface area contributed by atoms with Gasteiger partial charge in [0.15, 0.2) is 0 Å². The standard InChI is InChI=1S/C39H54N4O/c1-24(2)27-12-16-39(23-44)18-17-37(6)28(33(27)39)9-11-32-36(5)21-30-34(35(3,4)31(36)13-15-38(32,37)7)43(42-41-30)22-25-8-10-29-26(20-25)14-19-40-29/h8,10,14,19-20,27-28,31-33,40,44H,1,9,11-13,15-18,21-23H2,2-7H3/t27-,28+,31-,32+,33+,36-,37+,38+,39+/m0/s1. The predicted octanol–water partition coefficient (Wildman–Crippen LogP) is 8.47. The van der Waals surface area contributed by atoms with Gasteiger partial charge in [-0.3, -0.25) is 0 Å². The Morgan fingerprint density at radius 3 is 2.57 bits per heavy atom. The molecule has 236 valence electrons. The molecule has 0 amide bonds. The van der Waals surface area contributed by atoms with E-state index in [9.17, 15) is 5.11 Å². The van der Waals surface area contributed by atoms with Gasteiger partial charge in [-0.2, -0.15) is 0 Å². The first-order chi connectivity index (χ1) is 20.9. The Kier molecular flexibility index (Phi) is 6.16. The molecule has 0 radical (unpaired) electrons. The molecule has 44 heavy (non-hydrogen) atoms. The number of rotatable bonds is 4. The normalized spacial score (nSPS) is 42.2. The first-order valence-electron chi connectivity index (χ1n) is 17.6. The molecule has 2 aromatic heterocycles. The van der Waals surface area contributed by atoms with Crippen LogP contribution >= 0.6 is 0 Å². The fourth-order valence-electron chi connectivity index (χ4n) is 13.5. The average molecular weight is 595 g/mol. The Morgan fingerprint density at radius 1 is 0.977 bits per heavy atom. The summed E-state index contributed by atoms with van der Waals surface area (Å²) in [6.07, 6.45) is 13.1. The lowest BCUT2D eigenvalue weighted by molar-refractivity contribution is -0.228. The number of aromatic amines is 1. The van der Waals surface area contributed by atoms with E-state index in [1.165, 1.54) is 84.8 Å². The van der Waals surface area contributed by atoms with Crippen LogP contribution in [0.3, 0.4) is 0 Å². The van der Waals surface area contributed by atoms with Gasteiger partial charge in [-0.05, 0) is 145 Å². The number of nitrogens with zero attached hydrogens (tertiary/aromatic N) is 3. The van der Waals surface area contributed by atoms with Gasteiger partial charge in [-0.25, -0.2) is 4.68 Å². The van der Waals surface area contributed by atoms with Gasteiger partial charge < -0.3 is 10.1 Å². The second-order valence-corrected chi connectivity index (χ2v) is 17.5. The van der Waals surface area contributed by atoms with Crippen molar-refractivity contribution in [2.45, 2.75) is 111 Å². The van der Waals surface area contributed by atoms with Gasteiger partial charge in [0.2, 0.25) is 0 Å². The molecule has 2 heterocycles. The van der Waals surface area contributed by atoms with Crippen molar-refractivity contribution in [3.05, 3.63) is 59.6 Å². The van der Waals surface area contributed by atoms with E-state index in [1.807, 2.05) is 6.20 Å². The quantitative estimate of drug-likeness (QED) is 0.298. The van der Waals surface area contributed by atoms with Crippen molar-refractivity contribution in [3.63, 3.8) is 0 Å². The molecule has 5 aliphatic rings. The van der Waals surface area contributed by atoms with Gasteiger partial charge in [0.05, 0.1) is 17.9 Å². The van der Waals surface area contributed by atoms with Crippen LogP contribution in [0.2, 0.25) is 0 Å².